The van der Waals surface area contributed by atoms with E-state index in [1.54, 1.807) is 6.07 Å². The number of nitrogen functional groups attached to an aromatic ring is 1. The first-order valence-corrected chi connectivity index (χ1v) is 14.3. The lowest BCUT2D eigenvalue weighted by molar-refractivity contribution is 0.102. The smallest absolute Gasteiger partial charge is 0.295 e. The van der Waals surface area contributed by atoms with Gasteiger partial charge in [0.25, 0.3) is 36.3 Å². The summed E-state index contributed by atoms with van der Waals surface area (Å²) in [7, 11) is -15.4. The number of anilines is 2. The Morgan fingerprint density at radius 1 is 0.806 bits per heavy atom. The van der Waals surface area contributed by atoms with Gasteiger partial charge in [0.1, 0.15) is 9.79 Å². The van der Waals surface area contributed by atoms with E-state index < -0.39 is 61.7 Å². The number of carbonyl (C=O) groups is 1. The molecule has 12 nitrogen and oxygen atoms in total. The van der Waals surface area contributed by atoms with E-state index >= 15 is 0 Å². The van der Waals surface area contributed by atoms with Crippen molar-refractivity contribution in [3.05, 3.63) is 53.6 Å². The van der Waals surface area contributed by atoms with Crippen LogP contribution in [-0.2, 0) is 35.8 Å². The van der Waals surface area contributed by atoms with Gasteiger partial charge in [-0.1, -0.05) is 26.8 Å². The van der Waals surface area contributed by atoms with E-state index in [9.17, 15) is 43.7 Å². The quantitative estimate of drug-likeness (QED) is 0.226. The first-order chi connectivity index (χ1) is 16.2. The molecule has 0 heterocycles. The molecule has 1 amide bonds. The van der Waals surface area contributed by atoms with Crippen LogP contribution in [0.4, 0.5) is 11.4 Å². The van der Waals surface area contributed by atoms with Crippen molar-refractivity contribution in [1.29, 1.82) is 0 Å². The molecule has 0 aliphatic heterocycles. The Kier molecular flexibility index (Phi) is 6.72. The SMILES string of the molecule is CC(C)(C)c1ccc(C(=O)Nc2ccc(S(=O)(=O)O)c3cc(S(=O)(=O)O)cc(S(=O)(=O)O)c23)cc1N. The molecule has 0 aliphatic rings. The second-order valence-corrected chi connectivity index (χ2v) is 13.1. The fourth-order valence-corrected chi connectivity index (χ4v) is 5.70. The van der Waals surface area contributed by atoms with Gasteiger partial charge in [-0.15, -0.1) is 0 Å². The Labute approximate surface area is 207 Å². The minimum atomic E-state index is -5.25. The zero-order valence-corrected chi connectivity index (χ0v) is 21.5. The van der Waals surface area contributed by atoms with E-state index in [0.717, 1.165) is 17.7 Å². The molecule has 6 N–H and O–H groups in total. The van der Waals surface area contributed by atoms with E-state index in [2.05, 4.69) is 5.32 Å². The zero-order valence-electron chi connectivity index (χ0n) is 19.0. The molecule has 3 aromatic carbocycles. The lowest BCUT2D eigenvalue weighted by Gasteiger charge is -2.21. The fraction of sp³-hybridized carbons (Fsp3) is 0.190. The third kappa shape index (κ3) is 5.50. The van der Waals surface area contributed by atoms with Gasteiger partial charge in [0.2, 0.25) is 0 Å². The summed E-state index contributed by atoms with van der Waals surface area (Å²) in [5.41, 5.74) is 6.51. The van der Waals surface area contributed by atoms with Gasteiger partial charge in [-0.25, -0.2) is 0 Å². The summed E-state index contributed by atoms with van der Waals surface area (Å²) in [6.07, 6.45) is 0. The van der Waals surface area contributed by atoms with Crippen LogP contribution >= 0.6 is 0 Å². The predicted molar refractivity (Wildman–Crippen MR) is 131 cm³/mol. The molecule has 3 rings (SSSR count). The highest BCUT2D eigenvalue weighted by Crippen LogP contribution is 2.37. The minimum absolute atomic E-state index is 0.0514. The first kappa shape index (κ1) is 27.5. The van der Waals surface area contributed by atoms with Crippen LogP contribution in [0.5, 0.6) is 0 Å². The highest BCUT2D eigenvalue weighted by molar-refractivity contribution is 7.87. The Bertz CT molecular complexity index is 1740. The minimum Gasteiger partial charge on any atom is -0.398 e. The van der Waals surface area contributed by atoms with Gasteiger partial charge in [0.15, 0.2) is 0 Å². The number of hydrogen-bond donors (Lipinski definition) is 5. The molecule has 0 aliphatic carbocycles. The number of nitrogens with two attached hydrogens (primary N) is 1. The van der Waals surface area contributed by atoms with Crippen molar-refractivity contribution < 1.29 is 43.7 Å². The van der Waals surface area contributed by atoms with Gasteiger partial charge in [-0.3, -0.25) is 18.5 Å². The number of fused-ring (bicyclic) bond motifs is 1. The lowest BCUT2D eigenvalue weighted by Crippen LogP contribution is -2.17. The predicted octanol–water partition coefficient (Wildman–Crippen LogP) is 2.71. The summed E-state index contributed by atoms with van der Waals surface area (Å²) in [6.45, 7) is 5.75. The summed E-state index contributed by atoms with van der Waals surface area (Å²) in [5.74, 6) is -0.803. The van der Waals surface area contributed by atoms with Crippen LogP contribution < -0.4 is 11.1 Å². The highest BCUT2D eigenvalue weighted by atomic mass is 32.2. The molecular formula is C21H22N2O10S3. The molecule has 0 fully saturated rings. The monoisotopic (exact) mass is 558 g/mol. The van der Waals surface area contributed by atoms with Crippen molar-refractivity contribution in [3.63, 3.8) is 0 Å². The van der Waals surface area contributed by atoms with Gasteiger partial charge >= 0.3 is 0 Å². The van der Waals surface area contributed by atoms with Crippen LogP contribution in [0, 0.1) is 0 Å². The number of rotatable bonds is 5. The second-order valence-electron chi connectivity index (χ2n) is 8.89. The van der Waals surface area contributed by atoms with Gasteiger partial charge in [0, 0.05) is 22.0 Å². The molecule has 15 heteroatoms. The topological polar surface area (TPSA) is 218 Å². The maximum atomic E-state index is 13.0. The average molecular weight is 559 g/mol. The molecule has 36 heavy (non-hydrogen) atoms. The van der Waals surface area contributed by atoms with Crippen LogP contribution in [0.25, 0.3) is 10.8 Å². The molecule has 0 spiro atoms. The maximum absolute atomic E-state index is 13.0. The number of carbonyl (C=O) groups excluding carboxylic acids is 1. The zero-order chi connectivity index (χ0) is 27.4. The van der Waals surface area contributed by atoms with Crippen LogP contribution in [0.3, 0.4) is 0 Å². The molecule has 0 bridgehead atoms. The third-order valence-electron chi connectivity index (χ3n) is 5.24. The number of hydrogen-bond acceptors (Lipinski definition) is 8. The van der Waals surface area contributed by atoms with Crippen molar-refractivity contribution in [2.75, 3.05) is 11.1 Å². The number of amides is 1. The van der Waals surface area contributed by atoms with Crippen LogP contribution in [0.2, 0.25) is 0 Å². The Hall–Kier alpha value is -3.08. The molecule has 0 saturated carbocycles. The largest absolute Gasteiger partial charge is 0.398 e. The van der Waals surface area contributed by atoms with Gasteiger partial charge in [0.05, 0.1) is 10.6 Å². The fourth-order valence-electron chi connectivity index (χ4n) is 3.66. The number of benzene rings is 3. The summed E-state index contributed by atoms with van der Waals surface area (Å²) in [5, 5.41) is 1.04. The molecule has 3 aromatic rings. The van der Waals surface area contributed by atoms with E-state index in [-0.39, 0.29) is 16.7 Å². The summed E-state index contributed by atoms with van der Waals surface area (Å²) in [4.78, 5) is 9.79. The van der Waals surface area contributed by atoms with Gasteiger partial charge in [-0.2, -0.15) is 25.3 Å². The molecule has 0 aromatic heterocycles. The van der Waals surface area contributed by atoms with Crippen molar-refractivity contribution in [1.82, 2.24) is 0 Å². The standard InChI is InChI=1S/C21H22N2O10S3/c1-21(2,3)14-5-4-11(8-15(14)22)20(24)23-16-6-7-17(35(28,29)30)13-9-12(34(25,26)27)10-18(19(13)16)36(31,32)33/h4-10H,22H2,1-3H3,(H,23,24)(H,25,26,27)(H,28,29,30)(H,31,32,33). The second kappa shape index (κ2) is 8.79. The summed E-state index contributed by atoms with van der Waals surface area (Å²) < 4.78 is 100. The van der Waals surface area contributed by atoms with Gasteiger partial charge < -0.3 is 11.1 Å². The molecule has 0 unspecified atom stereocenters. The van der Waals surface area contributed by atoms with Crippen molar-refractivity contribution >= 4 is 58.4 Å². The van der Waals surface area contributed by atoms with E-state index in [0.29, 0.717) is 17.8 Å². The maximum Gasteiger partial charge on any atom is 0.295 e. The normalized spacial score (nSPS) is 13.1. The van der Waals surface area contributed by atoms with Crippen LogP contribution in [0.1, 0.15) is 36.7 Å². The number of nitrogens with one attached hydrogen (secondary N) is 1. The third-order valence-corrected chi connectivity index (χ3v) is 7.86. The Morgan fingerprint density at radius 3 is 1.86 bits per heavy atom. The van der Waals surface area contributed by atoms with E-state index in [1.807, 2.05) is 20.8 Å². The lowest BCUT2D eigenvalue weighted by atomic mass is 9.85. The van der Waals surface area contributed by atoms with Crippen molar-refractivity contribution in [3.8, 4) is 0 Å². The average Bonchev–Trinajstić information content (AvgIpc) is 2.69. The summed E-state index contributed by atoms with van der Waals surface area (Å²) in [6, 6.07) is 7.16. The first-order valence-electron chi connectivity index (χ1n) is 9.96. The molecule has 194 valence electrons. The molecular weight excluding hydrogens is 536 g/mol. The van der Waals surface area contributed by atoms with E-state index in [1.165, 1.54) is 12.1 Å². The molecule has 0 saturated heterocycles. The van der Waals surface area contributed by atoms with Crippen molar-refractivity contribution in [2.24, 2.45) is 0 Å². The van der Waals surface area contributed by atoms with Crippen molar-refractivity contribution in [2.45, 2.75) is 40.9 Å². The van der Waals surface area contributed by atoms with E-state index in [4.69, 9.17) is 5.73 Å². The summed E-state index contributed by atoms with van der Waals surface area (Å²) >= 11 is 0. The van der Waals surface area contributed by atoms with Crippen LogP contribution in [-0.4, -0.2) is 44.8 Å². The molecule has 0 radical (unpaired) electrons. The van der Waals surface area contributed by atoms with Crippen LogP contribution in [0.15, 0.2) is 57.2 Å². The van der Waals surface area contributed by atoms with Gasteiger partial charge in [-0.05, 0) is 47.4 Å². The highest BCUT2D eigenvalue weighted by Gasteiger charge is 2.27. The Balaban J connectivity index is 2.32. The molecule has 0 atom stereocenters. The Morgan fingerprint density at radius 2 is 1.39 bits per heavy atom.